The van der Waals surface area contributed by atoms with Crippen LogP contribution in [0.25, 0.3) is 11.3 Å². The molecule has 2 aromatic carbocycles. The summed E-state index contributed by atoms with van der Waals surface area (Å²) in [5, 5.41) is 15.0. The molecule has 0 atom stereocenters. The van der Waals surface area contributed by atoms with Crippen molar-refractivity contribution < 1.29 is 14.6 Å². The molecule has 27 heavy (non-hydrogen) atoms. The lowest BCUT2D eigenvalue weighted by Crippen LogP contribution is -2.24. The summed E-state index contributed by atoms with van der Waals surface area (Å²) in [7, 11) is 0. The molecule has 0 unspecified atom stereocenters. The van der Waals surface area contributed by atoms with Crippen LogP contribution in [0, 0.1) is 0 Å². The number of thiazole rings is 1. The van der Waals surface area contributed by atoms with Gasteiger partial charge >= 0.3 is 0 Å². The standard InChI is InChI=1S/C21H22N2O3S/c1-3-14-5-7-15(8-6-14)20-18(13-19(24)25)27-21(23-20)22-16-9-11-17(12-10-16)26-4-2/h5-12H,3-4,13H2,1-2H3,(H,22,23)(H,24,25)/p-1. The van der Waals surface area contributed by atoms with Gasteiger partial charge in [0.2, 0.25) is 0 Å². The number of nitrogens with one attached hydrogen (secondary N) is 1. The van der Waals surface area contributed by atoms with Gasteiger partial charge in [-0.05, 0) is 43.2 Å². The lowest BCUT2D eigenvalue weighted by Gasteiger charge is -2.05. The molecule has 6 heteroatoms. The predicted octanol–water partition coefficient (Wildman–Crippen LogP) is 3.81. The van der Waals surface area contributed by atoms with Gasteiger partial charge in [0.15, 0.2) is 5.13 Å². The van der Waals surface area contributed by atoms with Crippen molar-refractivity contribution in [1.29, 1.82) is 0 Å². The smallest absolute Gasteiger partial charge is 0.187 e. The molecule has 140 valence electrons. The molecule has 0 spiro atoms. The fourth-order valence-electron chi connectivity index (χ4n) is 2.70. The fraction of sp³-hybridized carbons (Fsp3) is 0.238. The van der Waals surface area contributed by atoms with Crippen LogP contribution in [0.3, 0.4) is 0 Å². The van der Waals surface area contributed by atoms with Gasteiger partial charge in [0, 0.05) is 28.5 Å². The van der Waals surface area contributed by atoms with E-state index in [1.165, 1.54) is 16.9 Å². The Hall–Kier alpha value is -2.86. The zero-order valence-corrected chi connectivity index (χ0v) is 16.1. The Morgan fingerprint density at radius 3 is 2.41 bits per heavy atom. The molecule has 3 rings (SSSR count). The molecule has 1 heterocycles. The van der Waals surface area contributed by atoms with Crippen molar-refractivity contribution in [2.75, 3.05) is 11.9 Å². The van der Waals surface area contributed by atoms with Crippen LogP contribution in [0.4, 0.5) is 10.8 Å². The number of carboxylic acid groups (broad SMARTS) is 1. The summed E-state index contributed by atoms with van der Waals surface area (Å²) in [4.78, 5) is 16.5. The molecule has 0 aliphatic carbocycles. The highest BCUT2D eigenvalue weighted by Gasteiger charge is 2.14. The second kappa shape index (κ2) is 8.68. The Morgan fingerprint density at radius 1 is 1.11 bits per heavy atom. The van der Waals surface area contributed by atoms with Gasteiger partial charge in [-0.1, -0.05) is 31.2 Å². The van der Waals surface area contributed by atoms with Gasteiger partial charge in [0.25, 0.3) is 0 Å². The second-order valence-electron chi connectivity index (χ2n) is 5.97. The number of aryl methyl sites for hydroxylation is 1. The Bertz CT molecular complexity index is 902. The molecule has 0 bridgehead atoms. The number of hydrogen-bond acceptors (Lipinski definition) is 6. The maximum absolute atomic E-state index is 11.2. The van der Waals surface area contributed by atoms with Crippen LogP contribution < -0.4 is 15.2 Å². The summed E-state index contributed by atoms with van der Waals surface area (Å²) in [5.41, 5.74) is 3.67. The molecule has 0 amide bonds. The minimum atomic E-state index is -1.11. The molecule has 0 aliphatic rings. The molecular formula is C21H21N2O3S-. The Morgan fingerprint density at radius 2 is 1.81 bits per heavy atom. The zero-order chi connectivity index (χ0) is 19.2. The summed E-state index contributed by atoms with van der Waals surface area (Å²) < 4.78 is 5.44. The van der Waals surface area contributed by atoms with Gasteiger partial charge in [0.1, 0.15) is 5.75 Å². The van der Waals surface area contributed by atoms with E-state index in [4.69, 9.17) is 4.74 Å². The maximum atomic E-state index is 11.2. The number of anilines is 2. The van der Waals surface area contributed by atoms with Crippen LogP contribution in [0.2, 0.25) is 0 Å². The van der Waals surface area contributed by atoms with Gasteiger partial charge < -0.3 is 20.0 Å². The van der Waals surface area contributed by atoms with E-state index in [0.717, 1.165) is 23.4 Å². The summed E-state index contributed by atoms with van der Waals surface area (Å²) >= 11 is 1.33. The predicted molar refractivity (Wildman–Crippen MR) is 107 cm³/mol. The zero-order valence-electron chi connectivity index (χ0n) is 15.3. The Labute approximate surface area is 162 Å². The van der Waals surface area contributed by atoms with E-state index in [2.05, 4.69) is 17.2 Å². The number of aromatic nitrogens is 1. The summed E-state index contributed by atoms with van der Waals surface area (Å²) in [6, 6.07) is 15.6. The minimum Gasteiger partial charge on any atom is -0.550 e. The Balaban J connectivity index is 1.87. The van der Waals surface area contributed by atoms with Gasteiger partial charge in [-0.25, -0.2) is 4.98 Å². The first kappa shape index (κ1) is 18.9. The molecule has 0 saturated heterocycles. The maximum Gasteiger partial charge on any atom is 0.187 e. The van der Waals surface area contributed by atoms with Crippen molar-refractivity contribution in [2.45, 2.75) is 26.7 Å². The lowest BCUT2D eigenvalue weighted by molar-refractivity contribution is -0.304. The summed E-state index contributed by atoms with van der Waals surface area (Å²) in [6.07, 6.45) is 0.793. The highest BCUT2D eigenvalue weighted by molar-refractivity contribution is 7.16. The van der Waals surface area contributed by atoms with Crippen LogP contribution in [-0.4, -0.2) is 17.6 Å². The van der Waals surface area contributed by atoms with E-state index < -0.39 is 5.97 Å². The SMILES string of the molecule is CCOc1ccc(Nc2nc(-c3ccc(CC)cc3)c(CC(=O)[O-])s2)cc1. The summed E-state index contributed by atoms with van der Waals surface area (Å²) in [6.45, 7) is 4.65. The number of carbonyl (C=O) groups excluding carboxylic acids is 1. The quantitative estimate of drug-likeness (QED) is 0.642. The molecule has 0 saturated carbocycles. The van der Waals surface area contributed by atoms with Crippen molar-refractivity contribution in [2.24, 2.45) is 0 Å². The van der Waals surface area contributed by atoms with Crippen molar-refractivity contribution in [1.82, 2.24) is 4.98 Å². The van der Waals surface area contributed by atoms with E-state index in [0.29, 0.717) is 22.3 Å². The molecule has 5 nitrogen and oxygen atoms in total. The monoisotopic (exact) mass is 381 g/mol. The topological polar surface area (TPSA) is 74.3 Å². The first-order valence-electron chi connectivity index (χ1n) is 8.87. The van der Waals surface area contributed by atoms with Crippen LogP contribution in [0.15, 0.2) is 48.5 Å². The van der Waals surface area contributed by atoms with Gasteiger partial charge in [-0.15, -0.1) is 11.3 Å². The number of ether oxygens (including phenoxy) is 1. The van der Waals surface area contributed by atoms with Crippen LogP contribution >= 0.6 is 11.3 Å². The highest BCUT2D eigenvalue weighted by Crippen LogP contribution is 2.33. The number of hydrogen-bond donors (Lipinski definition) is 1. The van der Waals surface area contributed by atoms with E-state index in [9.17, 15) is 9.90 Å². The molecule has 0 radical (unpaired) electrons. The highest BCUT2D eigenvalue weighted by atomic mass is 32.1. The second-order valence-corrected chi connectivity index (χ2v) is 7.06. The van der Waals surface area contributed by atoms with Crippen molar-refractivity contribution in [3.8, 4) is 17.0 Å². The lowest BCUT2D eigenvalue weighted by atomic mass is 10.1. The summed E-state index contributed by atoms with van der Waals surface area (Å²) in [5.74, 6) is -0.311. The number of carboxylic acids is 1. The normalized spacial score (nSPS) is 10.6. The third-order valence-corrected chi connectivity index (χ3v) is 5.03. The number of nitrogens with zero attached hydrogens (tertiary/aromatic N) is 1. The average molecular weight is 381 g/mol. The molecule has 1 aromatic heterocycles. The average Bonchev–Trinajstić information content (AvgIpc) is 3.05. The van der Waals surface area contributed by atoms with Crippen molar-refractivity contribution >= 4 is 28.1 Å². The van der Waals surface area contributed by atoms with Gasteiger partial charge in [-0.2, -0.15) is 0 Å². The van der Waals surface area contributed by atoms with E-state index in [-0.39, 0.29) is 6.42 Å². The van der Waals surface area contributed by atoms with E-state index >= 15 is 0 Å². The van der Waals surface area contributed by atoms with Crippen molar-refractivity contribution in [3.05, 3.63) is 59.0 Å². The largest absolute Gasteiger partial charge is 0.550 e. The molecule has 3 aromatic rings. The van der Waals surface area contributed by atoms with Crippen LogP contribution in [-0.2, 0) is 17.6 Å². The first-order valence-corrected chi connectivity index (χ1v) is 9.69. The van der Waals surface area contributed by atoms with E-state index in [1.54, 1.807) is 0 Å². The fourth-order valence-corrected chi connectivity index (χ4v) is 3.69. The molecule has 1 N–H and O–H groups in total. The van der Waals surface area contributed by atoms with Crippen molar-refractivity contribution in [3.63, 3.8) is 0 Å². The molecular weight excluding hydrogens is 360 g/mol. The number of carbonyl (C=O) groups is 1. The van der Waals surface area contributed by atoms with Crippen LogP contribution in [0.1, 0.15) is 24.3 Å². The Kier molecular flexibility index (Phi) is 6.08. The minimum absolute atomic E-state index is 0.159. The third kappa shape index (κ3) is 4.86. The third-order valence-electron chi connectivity index (χ3n) is 4.05. The number of benzene rings is 2. The van der Waals surface area contributed by atoms with Gasteiger partial charge in [0.05, 0.1) is 12.3 Å². The van der Waals surface area contributed by atoms with Gasteiger partial charge in [-0.3, -0.25) is 0 Å². The van der Waals surface area contributed by atoms with E-state index in [1.807, 2.05) is 55.5 Å². The number of aliphatic carboxylic acids is 1. The first-order chi connectivity index (χ1) is 13.1. The molecule has 0 aliphatic heterocycles. The van der Waals surface area contributed by atoms with Crippen LogP contribution in [0.5, 0.6) is 5.75 Å². The molecule has 0 fully saturated rings. The number of rotatable bonds is 8.